The molecule has 0 spiro atoms. The number of anilines is 1. The topological polar surface area (TPSA) is 66.9 Å². The summed E-state index contributed by atoms with van der Waals surface area (Å²) in [6, 6.07) is 0.638. The maximum Gasteiger partial charge on any atom is 0.416 e. The number of nitrogens with one attached hydrogen (secondary N) is 2. The molecule has 0 aliphatic rings. The second-order valence-electron chi connectivity index (χ2n) is 4.84. The smallest absolute Gasteiger partial charge is 0.322 e. The second kappa shape index (κ2) is 5.73. The standard InChI is InChI=1S/C13H9F6N3O2/c1-22-5-9(11(24)21-22)10(23)20-8-3-6(12(14,15)16)2-7(4-8)13(17,18)19/h2-5H,1H3,(H,20,23)(H,21,24). The Morgan fingerprint density at radius 3 is 1.92 bits per heavy atom. The van der Waals surface area contributed by atoms with E-state index in [0.717, 1.165) is 10.9 Å². The Morgan fingerprint density at radius 1 is 1.04 bits per heavy atom. The Balaban J connectivity index is 2.44. The Kier molecular flexibility index (Phi) is 4.21. The number of aromatic amines is 1. The molecule has 1 aromatic heterocycles. The van der Waals surface area contributed by atoms with Gasteiger partial charge in [0.05, 0.1) is 11.1 Å². The predicted octanol–water partition coefficient (Wildman–Crippen LogP) is 3.00. The molecule has 0 atom stereocenters. The Bertz CT molecular complexity index is 799. The Morgan fingerprint density at radius 2 is 1.54 bits per heavy atom. The average molecular weight is 353 g/mol. The highest BCUT2D eigenvalue weighted by Gasteiger charge is 2.37. The van der Waals surface area contributed by atoms with E-state index in [-0.39, 0.29) is 6.07 Å². The number of rotatable bonds is 2. The summed E-state index contributed by atoms with van der Waals surface area (Å²) in [5.41, 5.74) is -5.17. The Hall–Kier alpha value is -2.72. The number of halogens is 6. The monoisotopic (exact) mass is 353 g/mol. The summed E-state index contributed by atoms with van der Waals surface area (Å²) < 4.78 is 77.5. The molecule has 0 saturated heterocycles. The van der Waals surface area contributed by atoms with Crippen LogP contribution in [-0.4, -0.2) is 15.7 Å². The molecule has 0 saturated carbocycles. The van der Waals surface area contributed by atoms with Gasteiger partial charge in [-0.3, -0.25) is 19.4 Å². The van der Waals surface area contributed by atoms with Gasteiger partial charge in [0, 0.05) is 18.9 Å². The molecule has 2 rings (SSSR count). The highest BCUT2D eigenvalue weighted by Crippen LogP contribution is 2.37. The molecule has 0 unspecified atom stereocenters. The fourth-order valence-electron chi connectivity index (χ4n) is 1.89. The van der Waals surface area contributed by atoms with Gasteiger partial charge in [-0.25, -0.2) is 0 Å². The minimum atomic E-state index is -5.04. The molecule has 130 valence electrons. The maximum absolute atomic E-state index is 12.7. The van der Waals surface area contributed by atoms with Crippen molar-refractivity contribution in [2.24, 2.45) is 7.05 Å². The number of hydrogen-bond acceptors (Lipinski definition) is 2. The van der Waals surface area contributed by atoms with Gasteiger partial charge < -0.3 is 5.32 Å². The molecule has 0 aliphatic carbocycles. The zero-order valence-corrected chi connectivity index (χ0v) is 11.8. The lowest BCUT2D eigenvalue weighted by Gasteiger charge is -2.14. The molecule has 1 amide bonds. The summed E-state index contributed by atoms with van der Waals surface area (Å²) in [5.74, 6) is -1.13. The van der Waals surface area contributed by atoms with Gasteiger partial charge in [0.2, 0.25) is 0 Å². The first-order chi connectivity index (χ1) is 10.9. The van der Waals surface area contributed by atoms with Crippen molar-refractivity contribution in [3.8, 4) is 0 Å². The van der Waals surface area contributed by atoms with Crippen molar-refractivity contribution in [2.75, 3.05) is 5.32 Å². The van der Waals surface area contributed by atoms with E-state index in [1.54, 1.807) is 0 Å². The number of alkyl halides is 6. The van der Waals surface area contributed by atoms with Crippen LogP contribution in [0.15, 0.2) is 29.2 Å². The lowest BCUT2D eigenvalue weighted by Crippen LogP contribution is -2.20. The third-order valence-corrected chi connectivity index (χ3v) is 2.94. The van der Waals surface area contributed by atoms with Crippen LogP contribution >= 0.6 is 0 Å². The van der Waals surface area contributed by atoms with E-state index in [1.165, 1.54) is 7.05 Å². The van der Waals surface area contributed by atoms with Crippen molar-refractivity contribution in [2.45, 2.75) is 12.4 Å². The van der Waals surface area contributed by atoms with Gasteiger partial charge in [-0.2, -0.15) is 26.3 Å². The van der Waals surface area contributed by atoms with Gasteiger partial charge in [0.15, 0.2) is 0 Å². The van der Waals surface area contributed by atoms with Crippen LogP contribution < -0.4 is 10.9 Å². The molecule has 2 N–H and O–H groups in total. The number of amides is 1. The molecular formula is C13H9F6N3O2. The van der Waals surface area contributed by atoms with Crippen LogP contribution in [0.3, 0.4) is 0 Å². The van der Waals surface area contributed by atoms with Crippen molar-refractivity contribution in [3.05, 3.63) is 51.4 Å². The summed E-state index contributed by atoms with van der Waals surface area (Å²) in [4.78, 5) is 23.3. The number of H-pyrrole nitrogens is 1. The first-order valence-corrected chi connectivity index (χ1v) is 6.24. The van der Waals surface area contributed by atoms with Crippen LogP contribution in [0.5, 0.6) is 0 Å². The highest BCUT2D eigenvalue weighted by atomic mass is 19.4. The third kappa shape index (κ3) is 3.78. The number of carbonyl (C=O) groups is 1. The molecule has 0 aliphatic heterocycles. The molecule has 2 aromatic rings. The highest BCUT2D eigenvalue weighted by molar-refractivity contribution is 6.03. The lowest BCUT2D eigenvalue weighted by atomic mass is 10.1. The molecule has 1 aromatic carbocycles. The summed E-state index contributed by atoms with van der Waals surface area (Å²) in [5, 5.41) is 4.05. The number of aryl methyl sites for hydroxylation is 1. The van der Waals surface area contributed by atoms with Crippen molar-refractivity contribution in [1.82, 2.24) is 9.78 Å². The van der Waals surface area contributed by atoms with Crippen molar-refractivity contribution in [3.63, 3.8) is 0 Å². The molecule has 0 bridgehead atoms. The van der Waals surface area contributed by atoms with E-state index >= 15 is 0 Å². The van der Waals surface area contributed by atoms with Gasteiger partial charge in [-0.1, -0.05) is 0 Å². The Labute approximate surface area is 129 Å². The second-order valence-corrected chi connectivity index (χ2v) is 4.84. The van der Waals surface area contributed by atoms with Crippen molar-refractivity contribution in [1.29, 1.82) is 0 Å². The normalized spacial score (nSPS) is 12.3. The first kappa shape index (κ1) is 17.6. The number of hydrogen-bond donors (Lipinski definition) is 2. The average Bonchev–Trinajstić information content (AvgIpc) is 2.75. The zero-order valence-electron chi connectivity index (χ0n) is 11.8. The van der Waals surface area contributed by atoms with Crippen molar-refractivity contribution < 1.29 is 31.1 Å². The van der Waals surface area contributed by atoms with E-state index in [2.05, 4.69) is 5.10 Å². The van der Waals surface area contributed by atoms with Gasteiger partial charge in [-0.15, -0.1) is 0 Å². The van der Waals surface area contributed by atoms with Crippen LogP contribution in [0.4, 0.5) is 32.0 Å². The summed E-state index contributed by atoms with van der Waals surface area (Å²) in [7, 11) is 1.38. The molecule has 0 fully saturated rings. The molecule has 0 radical (unpaired) electrons. The van der Waals surface area contributed by atoms with Crippen molar-refractivity contribution >= 4 is 11.6 Å². The van der Waals surface area contributed by atoms with E-state index in [4.69, 9.17) is 0 Å². The van der Waals surface area contributed by atoms with Crippen LogP contribution in [0.25, 0.3) is 0 Å². The largest absolute Gasteiger partial charge is 0.416 e. The lowest BCUT2D eigenvalue weighted by molar-refractivity contribution is -0.143. The van der Waals surface area contributed by atoms with Gasteiger partial charge in [-0.05, 0) is 18.2 Å². The van der Waals surface area contributed by atoms with E-state index in [0.29, 0.717) is 12.1 Å². The minimum Gasteiger partial charge on any atom is -0.322 e. The van der Waals surface area contributed by atoms with Crippen LogP contribution in [0.1, 0.15) is 21.5 Å². The molecule has 5 nitrogen and oxygen atoms in total. The van der Waals surface area contributed by atoms with Crippen LogP contribution in [0.2, 0.25) is 0 Å². The fourth-order valence-corrected chi connectivity index (χ4v) is 1.89. The van der Waals surface area contributed by atoms with E-state index in [9.17, 15) is 35.9 Å². The van der Waals surface area contributed by atoms with E-state index in [1.807, 2.05) is 5.32 Å². The summed E-state index contributed by atoms with van der Waals surface area (Å²) in [6.07, 6.45) is -9.02. The quantitative estimate of drug-likeness (QED) is 0.815. The van der Waals surface area contributed by atoms with E-state index < -0.39 is 46.2 Å². The number of benzene rings is 1. The zero-order chi connectivity index (χ0) is 18.3. The number of nitrogens with zero attached hydrogens (tertiary/aromatic N) is 1. The SMILES string of the molecule is Cn1cc(C(=O)Nc2cc(C(F)(F)F)cc(C(F)(F)F)c2)c(=O)[nH]1. The van der Waals surface area contributed by atoms with Gasteiger partial charge in [0.1, 0.15) is 5.56 Å². The first-order valence-electron chi connectivity index (χ1n) is 6.24. The minimum absolute atomic E-state index is 0.0645. The molecule has 1 heterocycles. The summed E-state index contributed by atoms with van der Waals surface area (Å²) >= 11 is 0. The van der Waals surface area contributed by atoms with Gasteiger partial charge >= 0.3 is 12.4 Å². The fraction of sp³-hybridized carbons (Fsp3) is 0.231. The molecular weight excluding hydrogens is 344 g/mol. The molecule has 24 heavy (non-hydrogen) atoms. The summed E-state index contributed by atoms with van der Waals surface area (Å²) in [6.45, 7) is 0. The number of aromatic nitrogens is 2. The van der Waals surface area contributed by atoms with Crippen LogP contribution in [-0.2, 0) is 19.4 Å². The third-order valence-electron chi connectivity index (χ3n) is 2.94. The molecule has 11 heteroatoms. The maximum atomic E-state index is 12.7. The van der Waals surface area contributed by atoms with Crippen LogP contribution in [0, 0.1) is 0 Å². The number of carbonyl (C=O) groups excluding carboxylic acids is 1. The van der Waals surface area contributed by atoms with Gasteiger partial charge in [0.25, 0.3) is 11.5 Å². The predicted molar refractivity (Wildman–Crippen MR) is 70.4 cm³/mol.